The monoisotopic (exact) mass is 449 g/mol. The Hall–Kier alpha value is -3.33. The number of halogens is 2. The molecule has 1 fully saturated rings. The molecule has 8 nitrogen and oxygen atoms in total. The summed E-state index contributed by atoms with van der Waals surface area (Å²) in [5.74, 6) is -1.43. The van der Waals surface area contributed by atoms with Gasteiger partial charge in [0, 0.05) is 24.3 Å². The lowest BCUT2D eigenvalue weighted by Gasteiger charge is -2.37. The molecule has 0 radical (unpaired) electrons. The van der Waals surface area contributed by atoms with Crippen LogP contribution in [-0.4, -0.2) is 53.1 Å². The number of hydrogen-bond acceptors (Lipinski definition) is 4. The highest BCUT2D eigenvalue weighted by Crippen LogP contribution is 2.21. The Morgan fingerprint density at radius 1 is 1.16 bits per heavy atom. The first-order valence-electron chi connectivity index (χ1n) is 9.56. The number of nitrogens with zero attached hydrogens (tertiary/aromatic N) is 1. The van der Waals surface area contributed by atoms with E-state index in [2.05, 4.69) is 10.6 Å². The molecule has 164 valence electrons. The molecule has 0 aromatic heterocycles. The summed E-state index contributed by atoms with van der Waals surface area (Å²) in [6.07, 6.45) is -0.586. The summed E-state index contributed by atoms with van der Waals surface area (Å²) in [6.45, 7) is -0.411. The summed E-state index contributed by atoms with van der Waals surface area (Å²) in [7, 11) is 0. The molecule has 3 rings (SSSR count). The molecule has 1 aliphatic rings. The van der Waals surface area contributed by atoms with Crippen molar-refractivity contribution in [1.82, 2.24) is 10.2 Å². The van der Waals surface area contributed by atoms with Crippen LogP contribution < -0.4 is 15.4 Å². The summed E-state index contributed by atoms with van der Waals surface area (Å²) in [6, 6.07) is 11.2. The van der Waals surface area contributed by atoms with Crippen LogP contribution in [0.2, 0.25) is 5.02 Å². The van der Waals surface area contributed by atoms with Crippen LogP contribution in [-0.2, 0) is 9.59 Å². The fourth-order valence-electron chi connectivity index (χ4n) is 3.30. The second-order valence-electron chi connectivity index (χ2n) is 7.01. The van der Waals surface area contributed by atoms with E-state index < -0.39 is 35.8 Å². The van der Waals surface area contributed by atoms with E-state index >= 15 is 0 Å². The molecule has 2 aromatic rings. The summed E-state index contributed by atoms with van der Waals surface area (Å²) in [5, 5.41) is 14.9. The van der Waals surface area contributed by atoms with Crippen LogP contribution in [0.25, 0.3) is 0 Å². The van der Waals surface area contributed by atoms with Crippen molar-refractivity contribution in [2.24, 2.45) is 0 Å². The molecule has 1 saturated heterocycles. The zero-order valence-electron chi connectivity index (χ0n) is 16.4. The van der Waals surface area contributed by atoms with Gasteiger partial charge in [-0.3, -0.25) is 14.5 Å². The van der Waals surface area contributed by atoms with Gasteiger partial charge in [-0.2, -0.15) is 0 Å². The number of nitrogens with one attached hydrogen (secondary N) is 2. The molecule has 0 bridgehead atoms. The fraction of sp³-hybridized carbons (Fsp3) is 0.286. The molecular formula is C21H21ClFN3O5. The SMILES string of the molecule is O=C(COc1ccc(Cl)c(F)c1)N[C@H]1CC[C@H](C(=O)Nc2ccccc2)N(C(=O)O)C1. The molecule has 3 amide bonds. The zero-order chi connectivity index (χ0) is 22.4. The van der Waals surface area contributed by atoms with E-state index in [1.54, 1.807) is 30.3 Å². The van der Waals surface area contributed by atoms with Gasteiger partial charge in [0.15, 0.2) is 6.61 Å². The number of benzene rings is 2. The minimum Gasteiger partial charge on any atom is -0.484 e. The first-order chi connectivity index (χ1) is 14.8. The molecule has 0 saturated carbocycles. The molecule has 3 N–H and O–H groups in total. The van der Waals surface area contributed by atoms with E-state index in [4.69, 9.17) is 16.3 Å². The maximum absolute atomic E-state index is 13.4. The molecule has 2 aromatic carbocycles. The first kappa shape index (κ1) is 22.4. The largest absolute Gasteiger partial charge is 0.484 e. The average Bonchev–Trinajstić information content (AvgIpc) is 2.75. The maximum atomic E-state index is 13.4. The van der Waals surface area contributed by atoms with Gasteiger partial charge >= 0.3 is 6.09 Å². The normalized spacial score (nSPS) is 18.2. The van der Waals surface area contributed by atoms with Gasteiger partial charge in [0.05, 0.1) is 5.02 Å². The van der Waals surface area contributed by atoms with Crippen LogP contribution >= 0.6 is 11.6 Å². The minimum absolute atomic E-state index is 0.0382. The van der Waals surface area contributed by atoms with E-state index in [1.165, 1.54) is 12.1 Å². The van der Waals surface area contributed by atoms with Gasteiger partial charge in [0.25, 0.3) is 5.91 Å². The second-order valence-corrected chi connectivity index (χ2v) is 7.42. The number of anilines is 1. The summed E-state index contributed by atoms with van der Waals surface area (Å²) >= 11 is 5.60. The van der Waals surface area contributed by atoms with Crippen LogP contribution in [0.1, 0.15) is 12.8 Å². The molecular weight excluding hydrogens is 429 g/mol. The molecule has 2 atom stereocenters. The highest BCUT2D eigenvalue weighted by Gasteiger charge is 2.36. The van der Waals surface area contributed by atoms with Crippen molar-refractivity contribution < 1.29 is 28.6 Å². The Bertz CT molecular complexity index is 959. The summed E-state index contributed by atoms with van der Waals surface area (Å²) < 4.78 is 18.7. The molecule has 0 spiro atoms. The Labute approximate surface area is 182 Å². The number of amides is 3. The van der Waals surface area contributed by atoms with Gasteiger partial charge in [-0.1, -0.05) is 29.8 Å². The predicted molar refractivity (Wildman–Crippen MR) is 112 cm³/mol. The van der Waals surface area contributed by atoms with Crippen molar-refractivity contribution in [2.75, 3.05) is 18.5 Å². The van der Waals surface area contributed by atoms with Crippen molar-refractivity contribution in [3.8, 4) is 5.75 Å². The van der Waals surface area contributed by atoms with E-state index in [0.29, 0.717) is 12.1 Å². The average molecular weight is 450 g/mol. The van der Waals surface area contributed by atoms with Crippen molar-refractivity contribution in [1.29, 1.82) is 0 Å². The number of likely N-dealkylation sites (tertiary alicyclic amines) is 1. The smallest absolute Gasteiger partial charge is 0.408 e. The summed E-state index contributed by atoms with van der Waals surface area (Å²) in [5.41, 5.74) is 0.573. The quantitative estimate of drug-likeness (QED) is 0.628. The van der Waals surface area contributed by atoms with Crippen LogP contribution in [0.5, 0.6) is 5.75 Å². The maximum Gasteiger partial charge on any atom is 0.408 e. The number of piperidine rings is 1. The van der Waals surface area contributed by atoms with Crippen LogP contribution in [0, 0.1) is 5.82 Å². The number of ether oxygens (including phenoxy) is 1. The molecule has 0 unspecified atom stereocenters. The number of carbonyl (C=O) groups excluding carboxylic acids is 2. The highest BCUT2D eigenvalue weighted by atomic mass is 35.5. The predicted octanol–water partition coefficient (Wildman–Crippen LogP) is 3.12. The standard InChI is InChI=1S/C21H21ClFN3O5/c22-16-8-7-15(10-17(16)23)31-12-19(27)24-14-6-9-18(26(11-14)21(29)30)20(28)25-13-4-2-1-3-5-13/h1-5,7-8,10,14,18H,6,9,11-12H2,(H,24,27)(H,25,28)(H,29,30)/t14-,18+/m0/s1. The third-order valence-corrected chi connectivity index (χ3v) is 5.10. The van der Waals surface area contributed by atoms with E-state index in [9.17, 15) is 23.9 Å². The second kappa shape index (κ2) is 10.1. The van der Waals surface area contributed by atoms with E-state index in [-0.39, 0.29) is 30.3 Å². The number of hydrogen-bond donors (Lipinski definition) is 3. The van der Waals surface area contributed by atoms with Crippen molar-refractivity contribution in [2.45, 2.75) is 24.9 Å². The first-order valence-corrected chi connectivity index (χ1v) is 9.94. The lowest BCUT2D eigenvalue weighted by Crippen LogP contribution is -2.57. The lowest BCUT2D eigenvalue weighted by atomic mass is 9.97. The number of carbonyl (C=O) groups is 3. The number of rotatable bonds is 6. The van der Waals surface area contributed by atoms with Crippen LogP contribution in [0.3, 0.4) is 0 Å². The number of carboxylic acid groups (broad SMARTS) is 1. The lowest BCUT2D eigenvalue weighted by molar-refractivity contribution is -0.125. The van der Waals surface area contributed by atoms with Crippen LogP contribution in [0.15, 0.2) is 48.5 Å². The molecule has 1 aliphatic heterocycles. The molecule has 1 heterocycles. The highest BCUT2D eigenvalue weighted by molar-refractivity contribution is 6.30. The van der Waals surface area contributed by atoms with Crippen molar-refractivity contribution >= 4 is 35.2 Å². The van der Waals surface area contributed by atoms with Crippen molar-refractivity contribution in [3.63, 3.8) is 0 Å². The number of para-hydroxylation sites is 1. The topological polar surface area (TPSA) is 108 Å². The summed E-state index contributed by atoms with van der Waals surface area (Å²) in [4.78, 5) is 37.4. The molecule has 0 aliphatic carbocycles. The third-order valence-electron chi connectivity index (χ3n) is 4.80. The Morgan fingerprint density at radius 2 is 1.90 bits per heavy atom. The Balaban J connectivity index is 1.53. The van der Waals surface area contributed by atoms with Gasteiger partial charge in [0.2, 0.25) is 5.91 Å². The minimum atomic E-state index is -1.25. The van der Waals surface area contributed by atoms with Gasteiger partial charge in [-0.15, -0.1) is 0 Å². The van der Waals surface area contributed by atoms with Gasteiger partial charge in [-0.25, -0.2) is 9.18 Å². The Morgan fingerprint density at radius 3 is 2.58 bits per heavy atom. The van der Waals surface area contributed by atoms with Gasteiger partial charge in [0.1, 0.15) is 17.6 Å². The fourth-order valence-corrected chi connectivity index (χ4v) is 3.42. The van der Waals surface area contributed by atoms with Crippen molar-refractivity contribution in [3.05, 3.63) is 59.4 Å². The van der Waals surface area contributed by atoms with Gasteiger partial charge < -0.3 is 20.5 Å². The van der Waals surface area contributed by atoms with Crippen LogP contribution in [0.4, 0.5) is 14.9 Å². The Kier molecular flexibility index (Phi) is 7.30. The molecule has 31 heavy (non-hydrogen) atoms. The zero-order valence-corrected chi connectivity index (χ0v) is 17.1. The van der Waals surface area contributed by atoms with E-state index in [0.717, 1.165) is 11.0 Å². The van der Waals surface area contributed by atoms with Gasteiger partial charge in [-0.05, 0) is 37.1 Å². The molecule has 10 heteroatoms. The third kappa shape index (κ3) is 6.08. The van der Waals surface area contributed by atoms with E-state index in [1.807, 2.05) is 0 Å².